The summed E-state index contributed by atoms with van der Waals surface area (Å²) in [7, 11) is 0. The molecule has 2 amide bonds. The van der Waals surface area contributed by atoms with Crippen LogP contribution in [0.1, 0.15) is 42.6 Å². The van der Waals surface area contributed by atoms with Gasteiger partial charge in [0, 0.05) is 22.7 Å². The van der Waals surface area contributed by atoms with E-state index in [4.69, 9.17) is 0 Å². The van der Waals surface area contributed by atoms with Crippen LogP contribution in [0.3, 0.4) is 0 Å². The molecular formula is C26H28N2O2S. The zero-order valence-electron chi connectivity index (χ0n) is 17.9. The average Bonchev–Trinajstić information content (AvgIpc) is 2.77. The van der Waals surface area contributed by atoms with Crippen LogP contribution in [-0.2, 0) is 9.59 Å². The van der Waals surface area contributed by atoms with E-state index in [9.17, 15) is 9.59 Å². The Morgan fingerprint density at radius 1 is 0.871 bits per heavy atom. The number of benzene rings is 3. The van der Waals surface area contributed by atoms with E-state index in [0.717, 1.165) is 40.2 Å². The molecule has 0 fully saturated rings. The van der Waals surface area contributed by atoms with E-state index in [1.165, 1.54) is 11.8 Å². The number of aryl methyl sites for hydroxylation is 1. The number of amides is 2. The predicted molar refractivity (Wildman–Crippen MR) is 129 cm³/mol. The summed E-state index contributed by atoms with van der Waals surface area (Å²) in [5.74, 6) is -0.0410. The predicted octanol–water partition coefficient (Wildman–Crippen LogP) is 6.60. The Kier molecular flexibility index (Phi) is 8.30. The highest BCUT2D eigenvalue weighted by Gasteiger charge is 2.22. The van der Waals surface area contributed by atoms with Crippen molar-refractivity contribution < 1.29 is 9.59 Å². The van der Waals surface area contributed by atoms with E-state index in [2.05, 4.69) is 17.6 Å². The number of anilines is 2. The molecule has 0 saturated heterocycles. The molecule has 1 unspecified atom stereocenters. The molecule has 2 N–H and O–H groups in total. The number of rotatable bonds is 9. The first-order valence-corrected chi connectivity index (χ1v) is 11.4. The van der Waals surface area contributed by atoms with Gasteiger partial charge in [-0.1, -0.05) is 55.8 Å². The summed E-state index contributed by atoms with van der Waals surface area (Å²) >= 11 is 1.49. The zero-order valence-corrected chi connectivity index (χ0v) is 18.7. The highest BCUT2D eigenvalue weighted by Crippen LogP contribution is 2.36. The van der Waals surface area contributed by atoms with Crippen LogP contribution in [0.2, 0.25) is 0 Å². The van der Waals surface area contributed by atoms with E-state index in [0.29, 0.717) is 6.42 Å². The molecule has 4 nitrogen and oxygen atoms in total. The molecule has 3 aromatic carbocycles. The van der Waals surface area contributed by atoms with Crippen LogP contribution in [0, 0.1) is 6.92 Å². The van der Waals surface area contributed by atoms with Crippen molar-refractivity contribution in [2.24, 2.45) is 0 Å². The monoisotopic (exact) mass is 432 g/mol. The molecule has 0 aliphatic heterocycles. The Labute approximate surface area is 188 Å². The van der Waals surface area contributed by atoms with E-state index >= 15 is 0 Å². The second-order valence-corrected chi connectivity index (χ2v) is 8.62. The van der Waals surface area contributed by atoms with Crippen LogP contribution < -0.4 is 10.6 Å². The van der Waals surface area contributed by atoms with Gasteiger partial charge in [0.15, 0.2) is 0 Å². The number of carbonyl (C=O) groups is 2. The number of unbranched alkanes of at least 4 members (excludes halogenated alkanes) is 1. The first kappa shape index (κ1) is 22.6. The van der Waals surface area contributed by atoms with Gasteiger partial charge in [-0.25, -0.2) is 0 Å². The van der Waals surface area contributed by atoms with Gasteiger partial charge in [-0.2, -0.15) is 0 Å². The van der Waals surface area contributed by atoms with Crippen LogP contribution in [0.25, 0.3) is 0 Å². The quantitative estimate of drug-likeness (QED) is 0.375. The minimum absolute atomic E-state index is 0.0296. The number of nitrogens with one attached hydrogen (secondary N) is 2. The third-order valence-corrected chi connectivity index (χ3v) is 6.04. The molecule has 0 aliphatic rings. The lowest BCUT2D eigenvalue weighted by molar-refractivity contribution is -0.116. The molecular weight excluding hydrogens is 404 g/mol. The minimum atomic E-state index is -0.397. The number of thioether (sulfide) groups is 1. The average molecular weight is 433 g/mol. The van der Waals surface area contributed by atoms with E-state index in [1.54, 1.807) is 0 Å². The maximum absolute atomic E-state index is 13.2. The van der Waals surface area contributed by atoms with Crippen molar-refractivity contribution in [1.82, 2.24) is 0 Å². The molecule has 3 rings (SSSR count). The zero-order chi connectivity index (χ0) is 22.1. The maximum Gasteiger partial charge on any atom is 0.242 e. The van der Waals surface area contributed by atoms with Crippen molar-refractivity contribution in [2.45, 2.75) is 43.3 Å². The lowest BCUT2D eigenvalue weighted by atomic mass is 10.1. The molecule has 0 heterocycles. The first-order chi connectivity index (χ1) is 15.0. The van der Waals surface area contributed by atoms with Gasteiger partial charge in [-0.15, -0.1) is 11.8 Å². The van der Waals surface area contributed by atoms with Crippen molar-refractivity contribution in [2.75, 3.05) is 10.6 Å². The largest absolute Gasteiger partial charge is 0.326 e. The summed E-state index contributed by atoms with van der Waals surface area (Å²) in [6.45, 7) is 4.07. The van der Waals surface area contributed by atoms with Crippen LogP contribution in [0.15, 0.2) is 83.8 Å². The maximum atomic E-state index is 13.2. The molecule has 0 aliphatic carbocycles. The van der Waals surface area contributed by atoms with Gasteiger partial charge in [0.25, 0.3) is 0 Å². The molecule has 160 valence electrons. The molecule has 0 spiro atoms. The fourth-order valence-electron chi connectivity index (χ4n) is 3.15. The normalized spacial score (nSPS) is 11.5. The SMILES string of the molecule is CCCCC(=O)Nc1ccc(SC(C(=O)Nc2cccc(C)c2)c2ccccc2)cc1. The van der Waals surface area contributed by atoms with Crippen LogP contribution >= 0.6 is 11.8 Å². The lowest BCUT2D eigenvalue weighted by Crippen LogP contribution is -2.19. The van der Waals surface area contributed by atoms with Gasteiger partial charge in [0.05, 0.1) is 0 Å². The van der Waals surface area contributed by atoms with Gasteiger partial charge in [-0.05, 0) is 60.9 Å². The Hall–Kier alpha value is -3.05. The van der Waals surface area contributed by atoms with Crippen LogP contribution in [-0.4, -0.2) is 11.8 Å². The second-order valence-electron chi connectivity index (χ2n) is 7.44. The summed E-state index contributed by atoms with van der Waals surface area (Å²) in [6, 6.07) is 25.2. The number of carbonyl (C=O) groups excluding carboxylic acids is 2. The summed E-state index contributed by atoms with van der Waals surface area (Å²) in [6.07, 6.45) is 2.41. The van der Waals surface area contributed by atoms with Crippen molar-refractivity contribution in [3.05, 3.63) is 90.0 Å². The fraction of sp³-hybridized carbons (Fsp3) is 0.231. The van der Waals surface area contributed by atoms with Gasteiger partial charge in [0.2, 0.25) is 11.8 Å². The number of hydrogen-bond donors (Lipinski definition) is 2. The summed E-state index contributed by atoms with van der Waals surface area (Å²) < 4.78 is 0. The standard InChI is InChI=1S/C26H28N2O2S/c1-3-4-13-24(29)27-21-14-16-23(17-15-21)31-25(20-10-6-5-7-11-20)26(30)28-22-12-8-9-19(2)18-22/h5-12,14-18,25H,3-4,13H2,1-2H3,(H,27,29)(H,28,30). The van der Waals surface area contributed by atoms with Crippen LogP contribution in [0.5, 0.6) is 0 Å². The molecule has 0 radical (unpaired) electrons. The van der Waals surface area contributed by atoms with Gasteiger partial charge >= 0.3 is 0 Å². The molecule has 1 atom stereocenters. The summed E-state index contributed by atoms with van der Waals surface area (Å²) in [4.78, 5) is 26.0. The van der Waals surface area contributed by atoms with Crippen molar-refractivity contribution >= 4 is 35.0 Å². The van der Waals surface area contributed by atoms with E-state index in [-0.39, 0.29) is 11.8 Å². The Morgan fingerprint density at radius 2 is 1.61 bits per heavy atom. The Bertz CT molecular complexity index is 1000. The van der Waals surface area contributed by atoms with Gasteiger partial charge < -0.3 is 10.6 Å². The fourth-order valence-corrected chi connectivity index (χ4v) is 4.17. The second kappa shape index (κ2) is 11.4. The van der Waals surface area contributed by atoms with Crippen LogP contribution in [0.4, 0.5) is 11.4 Å². The summed E-state index contributed by atoms with van der Waals surface area (Å²) in [5.41, 5.74) is 3.59. The smallest absolute Gasteiger partial charge is 0.242 e. The molecule has 0 aromatic heterocycles. The molecule has 31 heavy (non-hydrogen) atoms. The van der Waals surface area contributed by atoms with Crippen molar-refractivity contribution in [3.8, 4) is 0 Å². The molecule has 0 bridgehead atoms. The van der Waals surface area contributed by atoms with E-state index < -0.39 is 5.25 Å². The Balaban J connectivity index is 1.73. The minimum Gasteiger partial charge on any atom is -0.326 e. The van der Waals surface area contributed by atoms with Gasteiger partial charge in [0.1, 0.15) is 5.25 Å². The number of hydrogen-bond acceptors (Lipinski definition) is 3. The first-order valence-electron chi connectivity index (χ1n) is 10.5. The van der Waals surface area contributed by atoms with Crippen molar-refractivity contribution in [1.29, 1.82) is 0 Å². The van der Waals surface area contributed by atoms with Crippen molar-refractivity contribution in [3.63, 3.8) is 0 Å². The topological polar surface area (TPSA) is 58.2 Å². The van der Waals surface area contributed by atoms with E-state index in [1.807, 2.05) is 85.8 Å². The lowest BCUT2D eigenvalue weighted by Gasteiger charge is -2.17. The summed E-state index contributed by atoms with van der Waals surface area (Å²) in [5, 5.41) is 5.57. The highest BCUT2D eigenvalue weighted by atomic mass is 32.2. The molecule has 5 heteroatoms. The molecule has 3 aromatic rings. The highest BCUT2D eigenvalue weighted by molar-refractivity contribution is 8.00. The third-order valence-electron chi connectivity index (χ3n) is 4.78. The van der Waals surface area contributed by atoms with Gasteiger partial charge in [-0.3, -0.25) is 9.59 Å². The molecule has 0 saturated carbocycles. The Morgan fingerprint density at radius 3 is 2.29 bits per heavy atom. The third kappa shape index (κ3) is 7.00.